The third kappa shape index (κ3) is 4.15. The van der Waals surface area contributed by atoms with E-state index < -0.39 is 4.92 Å². The zero-order valence-electron chi connectivity index (χ0n) is 13.4. The van der Waals surface area contributed by atoms with E-state index in [0.29, 0.717) is 17.2 Å². The molecule has 3 N–H and O–H groups in total. The summed E-state index contributed by atoms with van der Waals surface area (Å²) in [5.41, 5.74) is 6.66. The van der Waals surface area contributed by atoms with Crippen molar-refractivity contribution in [2.45, 2.75) is 31.2 Å². The van der Waals surface area contributed by atoms with Crippen LogP contribution >= 0.6 is 23.7 Å². The van der Waals surface area contributed by atoms with Crippen LogP contribution in [0.1, 0.15) is 36.2 Å². The van der Waals surface area contributed by atoms with Crippen molar-refractivity contribution in [2.75, 3.05) is 6.54 Å². The highest BCUT2D eigenvalue weighted by atomic mass is 35.5. The van der Waals surface area contributed by atoms with Crippen molar-refractivity contribution in [3.05, 3.63) is 45.5 Å². The van der Waals surface area contributed by atoms with E-state index in [-0.39, 0.29) is 29.5 Å². The monoisotopic (exact) mass is 382 g/mol. The third-order valence-corrected chi connectivity index (χ3v) is 5.28. The number of non-ortho nitro benzene ring substituents is 1. The number of nitrogens with zero attached hydrogens (tertiary/aromatic N) is 2. The maximum absolute atomic E-state index is 12.4. The fourth-order valence-electron chi connectivity index (χ4n) is 2.97. The third-order valence-electron chi connectivity index (χ3n) is 4.39. The Morgan fingerprint density at radius 3 is 2.52 bits per heavy atom. The van der Waals surface area contributed by atoms with Crippen LogP contribution in [0, 0.1) is 10.1 Å². The van der Waals surface area contributed by atoms with Gasteiger partial charge in [0.15, 0.2) is 0 Å². The van der Waals surface area contributed by atoms with Crippen LogP contribution in [0.2, 0.25) is 0 Å². The topological polar surface area (TPSA) is 111 Å². The highest BCUT2D eigenvalue weighted by Crippen LogP contribution is 2.30. The normalized spacial score (nSPS) is 15.4. The summed E-state index contributed by atoms with van der Waals surface area (Å²) in [4.78, 5) is 27.0. The van der Waals surface area contributed by atoms with Gasteiger partial charge in [0.1, 0.15) is 10.7 Å². The Kier molecular flexibility index (Phi) is 6.10. The van der Waals surface area contributed by atoms with Gasteiger partial charge in [-0.2, -0.15) is 0 Å². The number of thiazole rings is 1. The number of hydrogen-bond acceptors (Lipinski definition) is 6. The minimum Gasteiger partial charge on any atom is -0.344 e. The molecule has 1 aromatic heterocycles. The van der Waals surface area contributed by atoms with Gasteiger partial charge in [0, 0.05) is 29.6 Å². The summed E-state index contributed by atoms with van der Waals surface area (Å²) in [7, 11) is 0. The number of nitro benzene ring substituents is 1. The first-order valence-electron chi connectivity index (χ1n) is 7.76. The minimum atomic E-state index is -0.446. The van der Waals surface area contributed by atoms with E-state index in [1.165, 1.54) is 23.5 Å². The lowest BCUT2D eigenvalue weighted by Crippen LogP contribution is -2.51. The Bertz CT molecular complexity index is 757. The Hall–Kier alpha value is -2.03. The van der Waals surface area contributed by atoms with Crippen molar-refractivity contribution in [1.82, 2.24) is 10.3 Å². The molecule has 0 radical (unpaired) electrons. The van der Waals surface area contributed by atoms with Crippen molar-refractivity contribution in [3.63, 3.8) is 0 Å². The van der Waals surface area contributed by atoms with Crippen molar-refractivity contribution in [3.8, 4) is 10.6 Å². The molecule has 0 unspecified atom stereocenters. The van der Waals surface area contributed by atoms with Gasteiger partial charge in [0.25, 0.3) is 11.6 Å². The van der Waals surface area contributed by atoms with E-state index in [2.05, 4.69) is 10.3 Å². The van der Waals surface area contributed by atoms with Gasteiger partial charge in [-0.3, -0.25) is 14.9 Å². The number of rotatable bonds is 5. The van der Waals surface area contributed by atoms with Crippen LogP contribution in [0.15, 0.2) is 29.6 Å². The first-order chi connectivity index (χ1) is 11.5. The SMILES string of the molecule is Cl.NCC1(NC(=O)c2csc(-c3ccc([N+](=O)[O-])cc3)n2)CCCC1. The van der Waals surface area contributed by atoms with Gasteiger partial charge < -0.3 is 11.1 Å². The van der Waals surface area contributed by atoms with E-state index >= 15 is 0 Å². The zero-order valence-corrected chi connectivity index (χ0v) is 15.1. The second-order valence-electron chi connectivity index (χ2n) is 5.99. The second-order valence-corrected chi connectivity index (χ2v) is 6.85. The van der Waals surface area contributed by atoms with Gasteiger partial charge in [0.05, 0.1) is 10.5 Å². The lowest BCUT2D eigenvalue weighted by molar-refractivity contribution is -0.384. The number of nitrogens with two attached hydrogens (primary N) is 1. The maximum Gasteiger partial charge on any atom is 0.271 e. The second kappa shape index (κ2) is 7.90. The molecule has 1 aromatic carbocycles. The Balaban J connectivity index is 0.00000225. The molecule has 0 spiro atoms. The highest BCUT2D eigenvalue weighted by molar-refractivity contribution is 7.13. The minimum absolute atomic E-state index is 0. The van der Waals surface area contributed by atoms with E-state index in [9.17, 15) is 14.9 Å². The molecule has 1 aliphatic rings. The summed E-state index contributed by atoms with van der Waals surface area (Å²) in [5, 5.41) is 16.1. The average Bonchev–Trinajstić information content (AvgIpc) is 3.25. The van der Waals surface area contributed by atoms with Crippen LogP contribution in [0.25, 0.3) is 10.6 Å². The molecule has 1 saturated carbocycles. The molecule has 3 rings (SSSR count). The van der Waals surface area contributed by atoms with E-state index in [0.717, 1.165) is 31.2 Å². The number of carbonyl (C=O) groups is 1. The molecule has 1 heterocycles. The number of aromatic nitrogens is 1. The number of nitrogens with one attached hydrogen (secondary N) is 1. The van der Waals surface area contributed by atoms with Gasteiger partial charge in [-0.15, -0.1) is 23.7 Å². The molecule has 1 aliphatic carbocycles. The predicted molar refractivity (Wildman–Crippen MR) is 99.2 cm³/mol. The van der Waals surface area contributed by atoms with Gasteiger partial charge in [-0.05, 0) is 25.0 Å². The number of amides is 1. The number of nitro groups is 1. The molecular formula is C16H19ClN4O3S. The Morgan fingerprint density at radius 2 is 1.96 bits per heavy atom. The molecule has 0 saturated heterocycles. The highest BCUT2D eigenvalue weighted by Gasteiger charge is 2.34. The van der Waals surface area contributed by atoms with Crippen LogP contribution in [0.5, 0.6) is 0 Å². The summed E-state index contributed by atoms with van der Waals surface area (Å²) in [6.07, 6.45) is 3.94. The largest absolute Gasteiger partial charge is 0.344 e. The van der Waals surface area contributed by atoms with E-state index in [1.54, 1.807) is 17.5 Å². The molecule has 0 bridgehead atoms. The van der Waals surface area contributed by atoms with Crippen LogP contribution in [-0.4, -0.2) is 27.9 Å². The molecule has 1 amide bonds. The Labute approximate surface area is 155 Å². The lowest BCUT2D eigenvalue weighted by Gasteiger charge is -2.28. The number of benzene rings is 1. The summed E-state index contributed by atoms with van der Waals surface area (Å²) >= 11 is 1.34. The van der Waals surface area contributed by atoms with Gasteiger partial charge in [0.2, 0.25) is 0 Å². The summed E-state index contributed by atoms with van der Waals surface area (Å²) in [6, 6.07) is 6.13. The number of carbonyl (C=O) groups excluding carboxylic acids is 1. The molecule has 2 aromatic rings. The van der Waals surface area contributed by atoms with E-state index in [4.69, 9.17) is 5.73 Å². The molecule has 0 aliphatic heterocycles. The molecule has 25 heavy (non-hydrogen) atoms. The van der Waals surface area contributed by atoms with Gasteiger partial charge in [-0.1, -0.05) is 12.8 Å². The van der Waals surface area contributed by atoms with Crippen molar-refractivity contribution >= 4 is 35.3 Å². The lowest BCUT2D eigenvalue weighted by atomic mass is 9.98. The Morgan fingerprint density at radius 1 is 1.32 bits per heavy atom. The zero-order chi connectivity index (χ0) is 17.2. The van der Waals surface area contributed by atoms with Crippen LogP contribution < -0.4 is 11.1 Å². The van der Waals surface area contributed by atoms with Gasteiger partial charge >= 0.3 is 0 Å². The number of halogens is 1. The molecule has 0 atom stereocenters. The summed E-state index contributed by atoms with van der Waals surface area (Å²) < 4.78 is 0. The van der Waals surface area contributed by atoms with Crippen LogP contribution in [0.4, 0.5) is 5.69 Å². The molecular weight excluding hydrogens is 364 g/mol. The predicted octanol–water partition coefficient (Wildman–Crippen LogP) is 3.14. The van der Waals surface area contributed by atoms with Crippen molar-refractivity contribution in [2.24, 2.45) is 5.73 Å². The quantitative estimate of drug-likeness (QED) is 0.609. The van der Waals surface area contributed by atoms with Crippen LogP contribution in [0.3, 0.4) is 0 Å². The fraction of sp³-hybridized carbons (Fsp3) is 0.375. The first kappa shape index (κ1) is 19.3. The standard InChI is InChI=1S/C16H18N4O3S.ClH/c17-10-16(7-1-2-8-16)19-14(21)13-9-24-15(18-13)11-3-5-12(6-4-11)20(22)23;/h3-6,9H,1-2,7-8,10,17H2,(H,19,21);1H. The summed E-state index contributed by atoms with van der Waals surface area (Å²) in [5.74, 6) is -0.216. The molecule has 9 heteroatoms. The van der Waals surface area contributed by atoms with Crippen molar-refractivity contribution < 1.29 is 9.72 Å². The van der Waals surface area contributed by atoms with Crippen molar-refractivity contribution in [1.29, 1.82) is 0 Å². The first-order valence-corrected chi connectivity index (χ1v) is 8.64. The molecule has 134 valence electrons. The van der Waals surface area contributed by atoms with Crippen LogP contribution in [-0.2, 0) is 0 Å². The molecule has 1 fully saturated rings. The van der Waals surface area contributed by atoms with Gasteiger partial charge in [-0.25, -0.2) is 4.98 Å². The fourth-order valence-corrected chi connectivity index (χ4v) is 3.78. The molecule has 7 nitrogen and oxygen atoms in total. The van der Waals surface area contributed by atoms with E-state index in [1.807, 2.05) is 0 Å². The smallest absolute Gasteiger partial charge is 0.271 e. The average molecular weight is 383 g/mol. The summed E-state index contributed by atoms with van der Waals surface area (Å²) in [6.45, 7) is 0.429. The maximum atomic E-state index is 12.4. The number of hydrogen-bond donors (Lipinski definition) is 2.